The van der Waals surface area contributed by atoms with Crippen molar-refractivity contribution in [3.05, 3.63) is 99.5 Å². The molecule has 5 nitrogen and oxygen atoms in total. The summed E-state index contributed by atoms with van der Waals surface area (Å²) in [4.78, 5) is 32.1. The van der Waals surface area contributed by atoms with Crippen molar-refractivity contribution in [1.82, 2.24) is 4.90 Å². The fraction of sp³-hybridized carbons (Fsp3) is 0.290. The lowest BCUT2D eigenvalue weighted by Crippen LogP contribution is -2.47. The Morgan fingerprint density at radius 3 is 2.34 bits per heavy atom. The van der Waals surface area contributed by atoms with Crippen molar-refractivity contribution in [1.29, 1.82) is 0 Å². The summed E-state index contributed by atoms with van der Waals surface area (Å²) in [6.07, 6.45) is 5.91. The number of hydrogen-bond acceptors (Lipinski definition) is 3. The number of fused-ring (bicyclic) bond motifs is 1. The van der Waals surface area contributed by atoms with E-state index in [1.807, 2.05) is 23.1 Å². The highest BCUT2D eigenvalue weighted by atomic mass is 35.5. The second kappa shape index (κ2) is 11.7. The minimum Gasteiger partial charge on any atom is -0.312 e. The normalized spacial score (nSPS) is 16.1. The molecular formula is C31H31Cl2N3O2. The van der Waals surface area contributed by atoms with E-state index in [9.17, 15) is 9.59 Å². The lowest BCUT2D eigenvalue weighted by atomic mass is 10.0. The third kappa shape index (κ3) is 6.12. The quantitative estimate of drug-likeness (QED) is 0.326. The number of carbonyl (C=O) groups is 2. The highest BCUT2D eigenvalue weighted by Crippen LogP contribution is 2.34. The minimum absolute atomic E-state index is 0.0192. The van der Waals surface area contributed by atoms with Crippen molar-refractivity contribution in [2.45, 2.75) is 38.8 Å². The smallest absolute Gasteiger partial charge is 0.251 e. The van der Waals surface area contributed by atoms with Crippen LogP contribution in [0.2, 0.25) is 10.0 Å². The second-order valence-electron chi connectivity index (χ2n) is 9.97. The van der Waals surface area contributed by atoms with Gasteiger partial charge in [0.15, 0.2) is 0 Å². The van der Waals surface area contributed by atoms with Gasteiger partial charge in [0.25, 0.3) is 5.91 Å². The third-order valence-electron chi connectivity index (χ3n) is 7.33. The zero-order valence-corrected chi connectivity index (χ0v) is 23.0. The van der Waals surface area contributed by atoms with Crippen molar-refractivity contribution in [3.63, 3.8) is 0 Å². The van der Waals surface area contributed by atoms with E-state index in [1.165, 1.54) is 5.56 Å². The molecule has 0 radical (unpaired) electrons. The van der Waals surface area contributed by atoms with E-state index < -0.39 is 0 Å². The molecule has 2 aliphatic rings. The molecule has 2 heterocycles. The Labute approximate surface area is 234 Å². The number of piperidine rings is 1. The topological polar surface area (TPSA) is 43.9 Å². The first-order valence-corrected chi connectivity index (χ1v) is 13.8. The van der Waals surface area contributed by atoms with Gasteiger partial charge in [-0.25, -0.2) is 0 Å². The Morgan fingerprint density at radius 2 is 1.66 bits per heavy atom. The zero-order valence-electron chi connectivity index (χ0n) is 21.4. The Morgan fingerprint density at radius 1 is 0.947 bits per heavy atom. The molecule has 1 saturated heterocycles. The number of anilines is 2. The van der Waals surface area contributed by atoms with Gasteiger partial charge in [0.2, 0.25) is 5.91 Å². The number of amides is 2. The molecule has 3 aromatic carbocycles. The summed E-state index contributed by atoms with van der Waals surface area (Å²) >= 11 is 12.3. The fourth-order valence-electron chi connectivity index (χ4n) is 5.46. The highest BCUT2D eigenvalue weighted by Gasteiger charge is 2.30. The summed E-state index contributed by atoms with van der Waals surface area (Å²) in [5.41, 5.74) is 4.92. The van der Waals surface area contributed by atoms with Gasteiger partial charge in [0, 0.05) is 66.6 Å². The van der Waals surface area contributed by atoms with E-state index in [4.69, 9.17) is 23.2 Å². The van der Waals surface area contributed by atoms with Crippen molar-refractivity contribution in [2.24, 2.45) is 0 Å². The summed E-state index contributed by atoms with van der Waals surface area (Å²) < 4.78 is 0. The Kier molecular flexibility index (Phi) is 8.18. The third-order valence-corrected chi connectivity index (χ3v) is 7.77. The molecule has 7 heteroatoms. The largest absolute Gasteiger partial charge is 0.312 e. The van der Waals surface area contributed by atoms with Crippen LogP contribution in [0.3, 0.4) is 0 Å². The van der Waals surface area contributed by atoms with Gasteiger partial charge in [-0.05, 0) is 72.4 Å². The number of halogens is 2. The Bertz CT molecular complexity index is 1330. The van der Waals surface area contributed by atoms with Crippen LogP contribution in [0.1, 0.15) is 36.5 Å². The first-order valence-electron chi connectivity index (χ1n) is 13.0. The molecule has 0 unspecified atom stereocenters. The van der Waals surface area contributed by atoms with Gasteiger partial charge in [0.05, 0.1) is 0 Å². The fourth-order valence-corrected chi connectivity index (χ4v) is 6.00. The number of rotatable bonds is 6. The first kappa shape index (κ1) is 26.5. The van der Waals surface area contributed by atoms with Gasteiger partial charge < -0.3 is 9.80 Å². The van der Waals surface area contributed by atoms with E-state index in [0.29, 0.717) is 16.6 Å². The molecule has 2 amide bonds. The minimum atomic E-state index is -0.102. The maximum atomic E-state index is 13.8. The lowest BCUT2D eigenvalue weighted by Gasteiger charge is -2.38. The van der Waals surface area contributed by atoms with E-state index in [1.54, 1.807) is 42.2 Å². The first-order chi connectivity index (χ1) is 18.4. The monoisotopic (exact) mass is 547 g/mol. The lowest BCUT2D eigenvalue weighted by molar-refractivity contribution is -0.116. The molecule has 3 aromatic rings. The molecule has 196 valence electrons. The molecule has 5 rings (SSSR count). The van der Waals surface area contributed by atoms with Crippen LogP contribution in [0.5, 0.6) is 0 Å². The molecule has 0 bridgehead atoms. The van der Waals surface area contributed by atoms with Gasteiger partial charge in [-0.2, -0.15) is 0 Å². The molecular weight excluding hydrogens is 517 g/mol. The van der Waals surface area contributed by atoms with E-state index in [2.05, 4.69) is 35.2 Å². The van der Waals surface area contributed by atoms with Gasteiger partial charge in [0.1, 0.15) is 0 Å². The summed E-state index contributed by atoms with van der Waals surface area (Å²) in [7, 11) is 0. The summed E-state index contributed by atoms with van der Waals surface area (Å²) in [6.45, 7) is 4.98. The van der Waals surface area contributed by atoms with Crippen LogP contribution >= 0.6 is 23.2 Å². The molecule has 0 N–H and O–H groups in total. The predicted molar refractivity (Wildman–Crippen MR) is 156 cm³/mol. The number of nitrogens with zero attached hydrogens (tertiary/aromatic N) is 3. The zero-order chi connectivity index (χ0) is 26.6. The van der Waals surface area contributed by atoms with Crippen LogP contribution < -0.4 is 9.80 Å². The standard InChI is InChI=1S/C31H31Cl2N3O2/c1-22(37)35-16-11-25-8-9-29(20-30(25)35)36(31(38)10-7-24-17-26(32)19-27(33)18-24)28-12-14-34(15-13-28)21-23-5-3-2-4-6-23/h2-10,17-20,28H,11-16,21H2,1H3/b10-7+. The van der Waals surface area contributed by atoms with Crippen molar-refractivity contribution >= 4 is 52.5 Å². The van der Waals surface area contributed by atoms with Crippen LogP contribution in [-0.2, 0) is 22.6 Å². The predicted octanol–water partition coefficient (Wildman–Crippen LogP) is 6.61. The van der Waals surface area contributed by atoms with Crippen LogP contribution in [-0.4, -0.2) is 42.4 Å². The van der Waals surface area contributed by atoms with Gasteiger partial charge >= 0.3 is 0 Å². The van der Waals surface area contributed by atoms with Crippen LogP contribution in [0.25, 0.3) is 6.08 Å². The average Bonchev–Trinajstić information content (AvgIpc) is 3.33. The van der Waals surface area contributed by atoms with Gasteiger partial charge in [-0.15, -0.1) is 0 Å². The maximum absolute atomic E-state index is 13.8. The van der Waals surface area contributed by atoms with E-state index >= 15 is 0 Å². The van der Waals surface area contributed by atoms with Crippen LogP contribution in [0, 0.1) is 0 Å². The molecule has 2 aliphatic heterocycles. The molecule has 0 saturated carbocycles. The average molecular weight is 549 g/mol. The van der Waals surface area contributed by atoms with Crippen molar-refractivity contribution in [2.75, 3.05) is 29.4 Å². The summed E-state index contributed by atoms with van der Waals surface area (Å²) in [6, 6.07) is 21.8. The van der Waals surface area contributed by atoms with Crippen LogP contribution in [0.4, 0.5) is 11.4 Å². The Hall–Kier alpha value is -3.12. The molecule has 0 aromatic heterocycles. The number of benzene rings is 3. The summed E-state index contributed by atoms with van der Waals surface area (Å²) in [5, 5.41) is 1.05. The summed E-state index contributed by atoms with van der Waals surface area (Å²) in [5.74, 6) is -0.0827. The molecule has 38 heavy (non-hydrogen) atoms. The number of carbonyl (C=O) groups excluding carboxylic acids is 2. The number of likely N-dealkylation sites (tertiary alicyclic amines) is 1. The molecule has 0 spiro atoms. The van der Waals surface area contributed by atoms with E-state index in [0.717, 1.165) is 61.4 Å². The second-order valence-corrected chi connectivity index (χ2v) is 10.8. The van der Waals surface area contributed by atoms with Crippen LogP contribution in [0.15, 0.2) is 72.8 Å². The Balaban J connectivity index is 1.40. The van der Waals surface area contributed by atoms with Gasteiger partial charge in [-0.1, -0.05) is 59.6 Å². The SMILES string of the molecule is CC(=O)N1CCc2ccc(N(C(=O)/C=C/c3cc(Cl)cc(Cl)c3)C3CCN(Cc4ccccc4)CC3)cc21. The maximum Gasteiger partial charge on any atom is 0.251 e. The number of hydrogen-bond donors (Lipinski definition) is 0. The molecule has 1 fully saturated rings. The van der Waals surface area contributed by atoms with E-state index in [-0.39, 0.29) is 17.9 Å². The van der Waals surface area contributed by atoms with Crippen molar-refractivity contribution in [3.8, 4) is 0 Å². The van der Waals surface area contributed by atoms with Crippen molar-refractivity contribution < 1.29 is 9.59 Å². The van der Waals surface area contributed by atoms with Gasteiger partial charge in [-0.3, -0.25) is 14.5 Å². The molecule has 0 atom stereocenters. The highest BCUT2D eigenvalue weighted by molar-refractivity contribution is 6.34. The molecule has 0 aliphatic carbocycles.